The standard InChI is InChI=1S/C8H10N.C2H5.Mg/c1-2-9-8-6-4-3-5-7-8;1-2;/h3-7H,2H2,1H3;1H2,2H3;/q2*-1;+2. The van der Waals surface area contributed by atoms with Crippen LogP contribution in [-0.2, 0) is 0 Å². The van der Waals surface area contributed by atoms with E-state index in [9.17, 15) is 0 Å². The van der Waals surface area contributed by atoms with Crippen molar-refractivity contribution in [1.82, 2.24) is 0 Å². The van der Waals surface area contributed by atoms with E-state index in [1.807, 2.05) is 37.3 Å². The first-order valence-corrected chi connectivity index (χ1v) is 3.86. The number of rotatable bonds is 2. The van der Waals surface area contributed by atoms with Gasteiger partial charge in [-0.1, -0.05) is 37.3 Å². The fourth-order valence-electron chi connectivity index (χ4n) is 0.716. The zero-order chi connectivity index (χ0) is 8.53. The van der Waals surface area contributed by atoms with Crippen molar-refractivity contribution >= 4 is 28.7 Å². The Morgan fingerprint density at radius 1 is 1.17 bits per heavy atom. The second kappa shape index (κ2) is 10.8. The molecule has 0 spiro atoms. The predicted octanol–water partition coefficient (Wildman–Crippen LogP) is 3.17. The van der Waals surface area contributed by atoms with Crippen LogP contribution in [0, 0.1) is 6.92 Å². The van der Waals surface area contributed by atoms with Crippen LogP contribution in [0.25, 0.3) is 5.32 Å². The van der Waals surface area contributed by atoms with E-state index in [0.29, 0.717) is 0 Å². The van der Waals surface area contributed by atoms with Crippen LogP contribution >= 0.6 is 0 Å². The molecule has 1 rings (SSSR count). The molecule has 0 amide bonds. The fraction of sp³-hybridized carbons (Fsp3) is 0.300. The maximum Gasteiger partial charge on any atom is 2.00 e. The van der Waals surface area contributed by atoms with Crippen molar-refractivity contribution in [3.63, 3.8) is 0 Å². The average molecular weight is 174 g/mol. The van der Waals surface area contributed by atoms with Crippen molar-refractivity contribution in [2.75, 3.05) is 6.54 Å². The molecule has 0 unspecified atom stereocenters. The van der Waals surface area contributed by atoms with Gasteiger partial charge in [-0.05, 0) is 0 Å². The van der Waals surface area contributed by atoms with E-state index in [4.69, 9.17) is 0 Å². The molecule has 0 aliphatic rings. The van der Waals surface area contributed by atoms with Gasteiger partial charge in [0.1, 0.15) is 0 Å². The van der Waals surface area contributed by atoms with E-state index in [1.54, 1.807) is 6.92 Å². The molecular weight excluding hydrogens is 158 g/mol. The molecule has 1 aromatic carbocycles. The molecule has 0 heterocycles. The number of nitrogens with zero attached hydrogens (tertiary/aromatic N) is 1. The normalized spacial score (nSPS) is 7.25. The molecule has 0 saturated heterocycles. The van der Waals surface area contributed by atoms with Crippen LogP contribution in [0.5, 0.6) is 0 Å². The van der Waals surface area contributed by atoms with Gasteiger partial charge >= 0.3 is 23.1 Å². The van der Waals surface area contributed by atoms with Crippen LogP contribution in [0.3, 0.4) is 0 Å². The first kappa shape index (κ1) is 14.3. The maximum absolute atomic E-state index is 4.21. The first-order valence-electron chi connectivity index (χ1n) is 3.86. The summed E-state index contributed by atoms with van der Waals surface area (Å²) >= 11 is 0. The quantitative estimate of drug-likeness (QED) is 0.482. The van der Waals surface area contributed by atoms with Crippen molar-refractivity contribution in [2.45, 2.75) is 13.8 Å². The summed E-state index contributed by atoms with van der Waals surface area (Å²) in [5, 5.41) is 4.21. The van der Waals surface area contributed by atoms with Crippen molar-refractivity contribution in [1.29, 1.82) is 0 Å². The Kier molecular flexibility index (Phi) is 12.9. The third-order valence-electron chi connectivity index (χ3n) is 1.10. The molecular formula is C10H15MgN. The number of hydrogen-bond acceptors (Lipinski definition) is 0. The molecule has 0 bridgehead atoms. The van der Waals surface area contributed by atoms with Gasteiger partial charge in [-0.15, -0.1) is 12.2 Å². The zero-order valence-electron chi connectivity index (χ0n) is 7.96. The Hall–Kier alpha value is -0.214. The molecule has 0 atom stereocenters. The average Bonchev–Trinajstić information content (AvgIpc) is 2.11. The summed E-state index contributed by atoms with van der Waals surface area (Å²) in [6, 6.07) is 9.99. The summed E-state index contributed by atoms with van der Waals surface area (Å²) in [5.74, 6) is 0. The molecule has 0 aromatic heterocycles. The molecule has 0 N–H and O–H groups in total. The van der Waals surface area contributed by atoms with Crippen molar-refractivity contribution < 1.29 is 0 Å². The molecule has 2 heteroatoms. The minimum absolute atomic E-state index is 0. The van der Waals surface area contributed by atoms with Gasteiger partial charge in [0.05, 0.1) is 0 Å². The van der Waals surface area contributed by atoms with E-state index >= 15 is 0 Å². The van der Waals surface area contributed by atoms with Crippen molar-refractivity contribution in [3.8, 4) is 0 Å². The molecule has 0 fully saturated rings. The number of hydrogen-bond donors (Lipinski definition) is 0. The Balaban J connectivity index is 0. The minimum atomic E-state index is 0. The number of para-hydroxylation sites is 1. The Labute approximate surface area is 91.7 Å². The smallest absolute Gasteiger partial charge is 0.685 e. The van der Waals surface area contributed by atoms with Gasteiger partial charge in [0.25, 0.3) is 0 Å². The van der Waals surface area contributed by atoms with Crippen LogP contribution in [0.2, 0.25) is 0 Å². The summed E-state index contributed by atoms with van der Waals surface area (Å²) in [7, 11) is 0. The Bertz CT molecular complexity index is 163. The van der Waals surface area contributed by atoms with Gasteiger partial charge in [-0.25, -0.2) is 0 Å². The van der Waals surface area contributed by atoms with Gasteiger partial charge in [0.2, 0.25) is 0 Å². The Morgan fingerprint density at radius 3 is 2.08 bits per heavy atom. The van der Waals surface area contributed by atoms with Gasteiger partial charge in [0.15, 0.2) is 0 Å². The van der Waals surface area contributed by atoms with Crippen LogP contribution in [0.4, 0.5) is 5.69 Å². The first-order chi connectivity index (χ1) is 5.43. The molecule has 0 aliphatic carbocycles. The molecule has 12 heavy (non-hydrogen) atoms. The zero-order valence-corrected chi connectivity index (χ0v) is 9.37. The summed E-state index contributed by atoms with van der Waals surface area (Å²) in [6.45, 7) is 7.90. The van der Waals surface area contributed by atoms with Crippen molar-refractivity contribution in [3.05, 3.63) is 42.6 Å². The molecule has 0 aliphatic heterocycles. The van der Waals surface area contributed by atoms with Crippen LogP contribution in [-0.4, -0.2) is 29.6 Å². The maximum atomic E-state index is 4.21. The van der Waals surface area contributed by atoms with E-state index in [1.165, 1.54) is 0 Å². The summed E-state index contributed by atoms with van der Waals surface area (Å²) in [6.07, 6.45) is 0. The molecule has 0 saturated carbocycles. The summed E-state index contributed by atoms with van der Waals surface area (Å²) in [5.41, 5.74) is 1.07. The third-order valence-corrected chi connectivity index (χ3v) is 1.10. The van der Waals surface area contributed by atoms with Gasteiger partial charge in [-0.2, -0.15) is 6.92 Å². The molecule has 1 aromatic rings. The van der Waals surface area contributed by atoms with Crippen LogP contribution in [0.1, 0.15) is 13.8 Å². The van der Waals surface area contributed by atoms with E-state index < -0.39 is 0 Å². The Morgan fingerprint density at radius 2 is 1.67 bits per heavy atom. The largest absolute Gasteiger partial charge is 2.00 e. The molecule has 62 valence electrons. The second-order valence-electron chi connectivity index (χ2n) is 1.81. The van der Waals surface area contributed by atoms with Gasteiger partial charge in [-0.3, -0.25) is 0 Å². The fourth-order valence-corrected chi connectivity index (χ4v) is 0.716. The minimum Gasteiger partial charge on any atom is -0.685 e. The SMILES string of the molecule is CC[N-]c1ccccc1.[CH2-]C.[Mg+2]. The molecule has 0 radical (unpaired) electrons. The second-order valence-corrected chi connectivity index (χ2v) is 1.81. The third kappa shape index (κ3) is 6.49. The molecule has 1 nitrogen and oxygen atoms in total. The van der Waals surface area contributed by atoms with Gasteiger partial charge in [0, 0.05) is 0 Å². The van der Waals surface area contributed by atoms with Gasteiger partial charge < -0.3 is 12.2 Å². The number of benzene rings is 1. The van der Waals surface area contributed by atoms with E-state index in [-0.39, 0.29) is 23.1 Å². The predicted molar refractivity (Wildman–Crippen MR) is 56.8 cm³/mol. The van der Waals surface area contributed by atoms with Crippen LogP contribution in [0.15, 0.2) is 30.3 Å². The van der Waals surface area contributed by atoms with Crippen molar-refractivity contribution in [2.24, 2.45) is 0 Å². The summed E-state index contributed by atoms with van der Waals surface area (Å²) < 4.78 is 0. The monoisotopic (exact) mass is 173 g/mol. The topological polar surface area (TPSA) is 14.1 Å². The van der Waals surface area contributed by atoms with Crippen LogP contribution < -0.4 is 0 Å². The van der Waals surface area contributed by atoms with E-state index in [2.05, 4.69) is 12.2 Å². The summed E-state index contributed by atoms with van der Waals surface area (Å²) in [4.78, 5) is 0. The van der Waals surface area contributed by atoms with E-state index in [0.717, 1.165) is 12.2 Å².